The number of nitrogens with one attached hydrogen (secondary N) is 4. The fourth-order valence-electron chi connectivity index (χ4n) is 4.66. The van der Waals surface area contributed by atoms with Crippen LogP contribution in [0.15, 0.2) is 24.3 Å². The van der Waals surface area contributed by atoms with Crippen LogP contribution >= 0.6 is 0 Å². The van der Waals surface area contributed by atoms with Crippen molar-refractivity contribution >= 4 is 5.91 Å². The van der Waals surface area contributed by atoms with Crippen LogP contribution < -0.4 is 21.5 Å². The van der Waals surface area contributed by atoms with E-state index >= 15 is 0 Å². The van der Waals surface area contributed by atoms with Crippen LogP contribution in [-0.4, -0.2) is 37.6 Å². The summed E-state index contributed by atoms with van der Waals surface area (Å²) >= 11 is 0. The Kier molecular flexibility index (Phi) is 5.34. The maximum absolute atomic E-state index is 12.7. The highest BCUT2D eigenvalue weighted by atomic mass is 16.1. The van der Waals surface area contributed by atoms with Crippen molar-refractivity contribution in [2.75, 3.05) is 19.6 Å². The molecule has 25 heavy (non-hydrogen) atoms. The van der Waals surface area contributed by atoms with Gasteiger partial charge in [0.2, 0.25) is 0 Å². The summed E-state index contributed by atoms with van der Waals surface area (Å²) in [5.41, 5.74) is 8.71. The molecule has 0 radical (unpaired) electrons. The molecule has 3 fully saturated rings. The predicted molar refractivity (Wildman–Crippen MR) is 99.3 cm³/mol. The standard InChI is InChI=1S/C20H30N4O/c25-20(23-18-4-5-19-17(12-18)13-22-24-19)16-3-1-2-15(11-16)10-14-6-8-21-9-7-14/h1-3,11,14,17-19,21-22,24H,4-10,12-13H2,(H,23,25). The van der Waals surface area contributed by atoms with Crippen molar-refractivity contribution in [3.05, 3.63) is 35.4 Å². The van der Waals surface area contributed by atoms with Crippen LogP contribution in [0.5, 0.6) is 0 Å². The highest BCUT2D eigenvalue weighted by molar-refractivity contribution is 5.94. The average molecular weight is 342 g/mol. The summed E-state index contributed by atoms with van der Waals surface area (Å²) in [6.45, 7) is 3.26. The maximum Gasteiger partial charge on any atom is 0.251 e. The quantitative estimate of drug-likeness (QED) is 0.671. The molecule has 0 aromatic heterocycles. The molecule has 3 atom stereocenters. The maximum atomic E-state index is 12.7. The van der Waals surface area contributed by atoms with E-state index in [1.165, 1.54) is 18.4 Å². The van der Waals surface area contributed by atoms with Crippen LogP contribution in [0, 0.1) is 11.8 Å². The largest absolute Gasteiger partial charge is 0.349 e. The summed E-state index contributed by atoms with van der Waals surface area (Å²) < 4.78 is 0. The zero-order valence-electron chi connectivity index (χ0n) is 14.9. The van der Waals surface area contributed by atoms with Crippen LogP contribution in [0.3, 0.4) is 0 Å². The van der Waals surface area contributed by atoms with Crippen molar-refractivity contribution in [1.29, 1.82) is 0 Å². The van der Waals surface area contributed by atoms with E-state index in [0.717, 1.165) is 56.8 Å². The lowest BCUT2D eigenvalue weighted by atomic mass is 9.83. The molecule has 2 saturated heterocycles. The fraction of sp³-hybridized carbons (Fsp3) is 0.650. The molecular weight excluding hydrogens is 312 g/mol. The molecule has 0 bridgehead atoms. The van der Waals surface area contributed by atoms with Crippen molar-refractivity contribution in [1.82, 2.24) is 21.5 Å². The van der Waals surface area contributed by atoms with Gasteiger partial charge in [-0.3, -0.25) is 15.6 Å². The Morgan fingerprint density at radius 1 is 1.16 bits per heavy atom. The zero-order chi connectivity index (χ0) is 17.1. The first-order valence-electron chi connectivity index (χ1n) is 9.87. The van der Waals surface area contributed by atoms with Gasteiger partial charge in [0.05, 0.1) is 0 Å². The van der Waals surface area contributed by atoms with Gasteiger partial charge in [-0.15, -0.1) is 0 Å². The molecule has 3 aliphatic rings. The number of carbonyl (C=O) groups is 1. The molecule has 0 spiro atoms. The topological polar surface area (TPSA) is 65.2 Å². The number of piperidine rings is 1. The minimum absolute atomic E-state index is 0.0922. The molecular formula is C20H30N4O. The number of hydrazine groups is 1. The molecule has 5 nitrogen and oxygen atoms in total. The Balaban J connectivity index is 1.34. The van der Waals surface area contributed by atoms with E-state index in [-0.39, 0.29) is 5.91 Å². The van der Waals surface area contributed by atoms with Crippen molar-refractivity contribution in [3.8, 4) is 0 Å². The molecule has 1 aromatic rings. The number of carbonyl (C=O) groups excluding carboxylic acids is 1. The summed E-state index contributed by atoms with van der Waals surface area (Å²) in [6.07, 6.45) is 6.85. The molecule has 4 rings (SSSR count). The Morgan fingerprint density at radius 3 is 2.92 bits per heavy atom. The Labute approximate surface area is 150 Å². The monoisotopic (exact) mass is 342 g/mol. The van der Waals surface area contributed by atoms with E-state index in [1.54, 1.807) is 0 Å². The van der Waals surface area contributed by atoms with E-state index < -0.39 is 0 Å². The summed E-state index contributed by atoms with van der Waals surface area (Å²) in [7, 11) is 0. The van der Waals surface area contributed by atoms with E-state index in [9.17, 15) is 4.79 Å². The smallest absolute Gasteiger partial charge is 0.251 e. The molecule has 3 unspecified atom stereocenters. The fourth-order valence-corrected chi connectivity index (χ4v) is 4.66. The molecule has 5 heteroatoms. The van der Waals surface area contributed by atoms with Crippen LogP contribution in [0.4, 0.5) is 0 Å². The lowest BCUT2D eigenvalue weighted by Crippen LogP contribution is -2.44. The van der Waals surface area contributed by atoms with Gasteiger partial charge in [-0.2, -0.15) is 0 Å². The number of hydrogen-bond acceptors (Lipinski definition) is 4. The third kappa shape index (κ3) is 4.22. The van der Waals surface area contributed by atoms with E-state index in [4.69, 9.17) is 0 Å². The lowest BCUT2D eigenvalue weighted by molar-refractivity contribution is 0.0918. The van der Waals surface area contributed by atoms with Crippen LogP contribution in [0.25, 0.3) is 0 Å². The molecule has 4 N–H and O–H groups in total. The first kappa shape index (κ1) is 17.0. The van der Waals surface area contributed by atoms with Crippen molar-refractivity contribution in [2.24, 2.45) is 11.8 Å². The Bertz CT molecular complexity index is 599. The normalized spacial score (nSPS) is 30.0. The Hall–Kier alpha value is -1.43. The number of rotatable bonds is 4. The van der Waals surface area contributed by atoms with Crippen molar-refractivity contribution in [2.45, 2.75) is 50.6 Å². The summed E-state index contributed by atoms with van der Waals surface area (Å²) in [6, 6.07) is 9.14. The van der Waals surface area contributed by atoms with E-state index in [2.05, 4.69) is 33.6 Å². The van der Waals surface area contributed by atoms with Gasteiger partial charge >= 0.3 is 0 Å². The number of amides is 1. The number of fused-ring (bicyclic) bond motifs is 1. The SMILES string of the molecule is O=C(NC1CCC2NNCC2C1)c1cccc(CC2CCNCC2)c1. The molecule has 1 saturated carbocycles. The first-order chi connectivity index (χ1) is 12.3. The van der Waals surface area contributed by atoms with Gasteiger partial charge in [0, 0.05) is 24.2 Å². The van der Waals surface area contributed by atoms with Crippen LogP contribution in [-0.2, 0) is 6.42 Å². The van der Waals surface area contributed by atoms with Gasteiger partial charge in [-0.25, -0.2) is 0 Å². The third-order valence-electron chi connectivity index (χ3n) is 6.14. The number of hydrogen-bond donors (Lipinski definition) is 4. The van der Waals surface area contributed by atoms with Gasteiger partial charge in [0.1, 0.15) is 0 Å². The van der Waals surface area contributed by atoms with Gasteiger partial charge in [0.15, 0.2) is 0 Å². The Morgan fingerprint density at radius 2 is 2.04 bits per heavy atom. The molecule has 1 amide bonds. The molecule has 2 heterocycles. The van der Waals surface area contributed by atoms with E-state index in [0.29, 0.717) is 18.0 Å². The minimum Gasteiger partial charge on any atom is -0.349 e. The average Bonchev–Trinajstić information content (AvgIpc) is 3.10. The van der Waals surface area contributed by atoms with Gasteiger partial charge in [-0.05, 0) is 81.1 Å². The predicted octanol–water partition coefficient (Wildman–Crippen LogP) is 1.60. The highest BCUT2D eigenvalue weighted by Gasteiger charge is 2.34. The second kappa shape index (κ2) is 7.85. The second-order valence-corrected chi connectivity index (χ2v) is 7.97. The highest BCUT2D eigenvalue weighted by Crippen LogP contribution is 2.27. The lowest BCUT2D eigenvalue weighted by Gasteiger charge is -2.31. The van der Waals surface area contributed by atoms with Gasteiger partial charge < -0.3 is 10.6 Å². The zero-order valence-corrected chi connectivity index (χ0v) is 14.9. The molecule has 136 valence electrons. The summed E-state index contributed by atoms with van der Waals surface area (Å²) in [4.78, 5) is 12.7. The minimum atomic E-state index is 0.0922. The third-order valence-corrected chi connectivity index (χ3v) is 6.14. The summed E-state index contributed by atoms with van der Waals surface area (Å²) in [5, 5.41) is 6.69. The second-order valence-electron chi connectivity index (χ2n) is 7.97. The molecule has 1 aliphatic carbocycles. The molecule has 2 aliphatic heterocycles. The summed E-state index contributed by atoms with van der Waals surface area (Å²) in [5.74, 6) is 1.48. The first-order valence-corrected chi connectivity index (χ1v) is 9.87. The van der Waals surface area contributed by atoms with Crippen molar-refractivity contribution in [3.63, 3.8) is 0 Å². The molecule has 1 aromatic carbocycles. The van der Waals surface area contributed by atoms with Crippen LogP contribution in [0.1, 0.15) is 48.0 Å². The van der Waals surface area contributed by atoms with Crippen LogP contribution in [0.2, 0.25) is 0 Å². The van der Waals surface area contributed by atoms with E-state index in [1.807, 2.05) is 12.1 Å². The van der Waals surface area contributed by atoms with Gasteiger partial charge in [0.25, 0.3) is 5.91 Å². The number of benzene rings is 1. The van der Waals surface area contributed by atoms with Crippen molar-refractivity contribution < 1.29 is 4.79 Å². The van der Waals surface area contributed by atoms with Gasteiger partial charge in [-0.1, -0.05) is 12.1 Å².